The van der Waals surface area contributed by atoms with Crippen molar-refractivity contribution in [2.45, 2.75) is 18.9 Å². The second-order valence-electron chi connectivity index (χ2n) is 5.92. The lowest BCUT2D eigenvalue weighted by atomic mass is 10.1. The van der Waals surface area contributed by atoms with Crippen molar-refractivity contribution in [1.82, 2.24) is 0 Å². The fraction of sp³-hybridized carbons (Fsp3) is 0.278. The molecule has 4 heteroatoms. The van der Waals surface area contributed by atoms with E-state index in [9.17, 15) is 4.79 Å². The minimum atomic E-state index is -0.437. The molecule has 0 aliphatic carbocycles. The predicted octanol–water partition coefficient (Wildman–Crippen LogP) is 2.62. The van der Waals surface area contributed by atoms with Gasteiger partial charge >= 0.3 is 0 Å². The third-order valence-electron chi connectivity index (χ3n) is 4.41. The number of likely N-dealkylation sites (N-methyl/N-ethyl adjacent to an activating group) is 1. The average molecular weight is 294 g/mol. The number of benzene rings is 2. The van der Waals surface area contributed by atoms with Gasteiger partial charge in [-0.25, -0.2) is 0 Å². The molecule has 2 aromatic rings. The average Bonchev–Trinajstić information content (AvgIpc) is 3.11. The maximum atomic E-state index is 12.4. The number of fused-ring (bicyclic) bond motifs is 2. The van der Waals surface area contributed by atoms with Gasteiger partial charge in [0.15, 0.2) is 6.10 Å². The van der Waals surface area contributed by atoms with Crippen molar-refractivity contribution in [3.63, 3.8) is 0 Å². The molecule has 22 heavy (non-hydrogen) atoms. The number of amides is 1. The van der Waals surface area contributed by atoms with E-state index in [0.717, 1.165) is 30.0 Å². The van der Waals surface area contributed by atoms with Gasteiger partial charge in [-0.05, 0) is 41.8 Å². The zero-order valence-electron chi connectivity index (χ0n) is 12.5. The van der Waals surface area contributed by atoms with Gasteiger partial charge in [0.1, 0.15) is 5.75 Å². The molecule has 2 heterocycles. The Kier molecular flexibility index (Phi) is 3.03. The Bertz CT molecular complexity index is 717. The number of carbonyl (C=O) groups excluding carboxylic acids is 1. The second-order valence-corrected chi connectivity index (χ2v) is 5.92. The molecule has 2 aliphatic heterocycles. The van der Waals surface area contributed by atoms with Gasteiger partial charge in [0.05, 0.1) is 0 Å². The molecule has 112 valence electrons. The van der Waals surface area contributed by atoms with Crippen LogP contribution < -0.4 is 15.0 Å². The first kappa shape index (κ1) is 13.2. The molecule has 0 saturated heterocycles. The van der Waals surface area contributed by atoms with E-state index in [-0.39, 0.29) is 5.91 Å². The van der Waals surface area contributed by atoms with Crippen LogP contribution in [0.4, 0.5) is 11.4 Å². The lowest BCUT2D eigenvalue weighted by Crippen LogP contribution is -2.31. The number of carbonyl (C=O) groups is 1. The van der Waals surface area contributed by atoms with Crippen molar-refractivity contribution in [2.75, 3.05) is 23.8 Å². The molecule has 0 saturated carbocycles. The van der Waals surface area contributed by atoms with Gasteiger partial charge in [-0.2, -0.15) is 0 Å². The normalized spacial score (nSPS) is 18.6. The predicted molar refractivity (Wildman–Crippen MR) is 86.6 cm³/mol. The summed E-state index contributed by atoms with van der Waals surface area (Å²) in [6, 6.07) is 13.9. The van der Waals surface area contributed by atoms with Crippen molar-refractivity contribution < 1.29 is 9.53 Å². The topological polar surface area (TPSA) is 41.6 Å². The Morgan fingerprint density at radius 3 is 2.95 bits per heavy atom. The van der Waals surface area contributed by atoms with Crippen LogP contribution in [0, 0.1) is 0 Å². The Balaban J connectivity index is 1.47. The van der Waals surface area contributed by atoms with Crippen molar-refractivity contribution in [3.8, 4) is 5.75 Å². The van der Waals surface area contributed by atoms with Gasteiger partial charge < -0.3 is 15.0 Å². The van der Waals surface area contributed by atoms with Gasteiger partial charge in [-0.15, -0.1) is 0 Å². The molecule has 1 unspecified atom stereocenters. The van der Waals surface area contributed by atoms with E-state index in [2.05, 4.69) is 29.4 Å². The number of hydrogen-bond donors (Lipinski definition) is 1. The lowest BCUT2D eigenvalue weighted by Gasteiger charge is -2.14. The van der Waals surface area contributed by atoms with Crippen LogP contribution in [0.2, 0.25) is 0 Å². The highest BCUT2D eigenvalue weighted by molar-refractivity contribution is 5.95. The maximum Gasteiger partial charge on any atom is 0.265 e. The highest BCUT2D eigenvalue weighted by atomic mass is 16.5. The summed E-state index contributed by atoms with van der Waals surface area (Å²) in [4.78, 5) is 14.6. The number of para-hydroxylation sites is 1. The highest BCUT2D eigenvalue weighted by Gasteiger charge is 2.29. The number of hydrogen-bond acceptors (Lipinski definition) is 3. The summed E-state index contributed by atoms with van der Waals surface area (Å²) in [5.74, 6) is 0.737. The summed E-state index contributed by atoms with van der Waals surface area (Å²) in [6.45, 7) is 1.04. The first-order valence-electron chi connectivity index (χ1n) is 7.60. The van der Waals surface area contributed by atoms with Crippen LogP contribution in [0.3, 0.4) is 0 Å². The molecular weight excluding hydrogens is 276 g/mol. The summed E-state index contributed by atoms with van der Waals surface area (Å²) in [6.07, 6.45) is 1.23. The van der Waals surface area contributed by atoms with E-state index in [0.29, 0.717) is 6.42 Å². The van der Waals surface area contributed by atoms with Crippen molar-refractivity contribution in [2.24, 2.45) is 0 Å². The number of anilines is 2. The highest BCUT2D eigenvalue weighted by Crippen LogP contribution is 2.31. The molecule has 0 spiro atoms. The second kappa shape index (κ2) is 5.05. The molecule has 1 N–H and O–H groups in total. The zero-order chi connectivity index (χ0) is 15.1. The van der Waals surface area contributed by atoms with Gasteiger partial charge in [0.2, 0.25) is 0 Å². The van der Waals surface area contributed by atoms with E-state index in [1.165, 1.54) is 11.3 Å². The smallest absolute Gasteiger partial charge is 0.265 e. The summed E-state index contributed by atoms with van der Waals surface area (Å²) >= 11 is 0. The summed E-state index contributed by atoms with van der Waals surface area (Å²) in [7, 11) is 2.09. The first-order chi connectivity index (χ1) is 10.7. The van der Waals surface area contributed by atoms with Gasteiger partial charge in [-0.3, -0.25) is 4.79 Å². The fourth-order valence-corrected chi connectivity index (χ4v) is 3.20. The van der Waals surface area contributed by atoms with Crippen LogP contribution in [0.5, 0.6) is 5.75 Å². The van der Waals surface area contributed by atoms with Crippen molar-refractivity contribution in [1.29, 1.82) is 0 Å². The molecule has 1 atom stereocenters. The van der Waals surface area contributed by atoms with E-state index in [1.54, 1.807) is 0 Å². The Labute approximate surface area is 129 Å². The van der Waals surface area contributed by atoms with Crippen LogP contribution >= 0.6 is 0 Å². The standard InChI is InChI=1S/C18H18N2O2/c1-20-9-8-12-10-14(6-7-15(12)20)19-18(21)17-11-13-4-2-3-5-16(13)22-17/h2-7,10,17H,8-9,11H2,1H3,(H,19,21). The van der Waals surface area contributed by atoms with Crippen molar-refractivity contribution in [3.05, 3.63) is 53.6 Å². The molecule has 0 aromatic heterocycles. The third-order valence-corrected chi connectivity index (χ3v) is 4.41. The van der Waals surface area contributed by atoms with Gasteiger partial charge in [0, 0.05) is 31.4 Å². The van der Waals surface area contributed by atoms with Crippen LogP contribution in [0.1, 0.15) is 11.1 Å². The van der Waals surface area contributed by atoms with E-state index < -0.39 is 6.10 Å². The van der Waals surface area contributed by atoms with Gasteiger partial charge in [-0.1, -0.05) is 18.2 Å². The SMILES string of the molecule is CN1CCc2cc(NC(=O)C3Cc4ccccc4O3)ccc21. The maximum absolute atomic E-state index is 12.4. The van der Waals surface area contributed by atoms with Crippen LogP contribution in [0.25, 0.3) is 0 Å². The molecule has 2 aromatic carbocycles. The third kappa shape index (κ3) is 2.21. The molecule has 0 bridgehead atoms. The van der Waals surface area contributed by atoms with E-state index >= 15 is 0 Å². The quantitative estimate of drug-likeness (QED) is 0.925. The zero-order valence-corrected chi connectivity index (χ0v) is 12.5. The van der Waals surface area contributed by atoms with E-state index in [4.69, 9.17) is 4.74 Å². The lowest BCUT2D eigenvalue weighted by molar-refractivity contribution is -0.122. The number of nitrogens with one attached hydrogen (secondary N) is 1. The summed E-state index contributed by atoms with van der Waals surface area (Å²) in [5.41, 5.74) is 4.48. The Morgan fingerprint density at radius 1 is 1.23 bits per heavy atom. The number of rotatable bonds is 2. The summed E-state index contributed by atoms with van der Waals surface area (Å²) < 4.78 is 5.73. The minimum Gasteiger partial charge on any atom is -0.480 e. The molecule has 0 fully saturated rings. The van der Waals surface area contributed by atoms with E-state index in [1.807, 2.05) is 30.3 Å². The van der Waals surface area contributed by atoms with Crippen LogP contribution in [0.15, 0.2) is 42.5 Å². The first-order valence-corrected chi connectivity index (χ1v) is 7.60. The number of nitrogens with zero attached hydrogens (tertiary/aromatic N) is 1. The molecule has 0 radical (unpaired) electrons. The number of ether oxygens (including phenoxy) is 1. The minimum absolute atomic E-state index is 0.0810. The van der Waals surface area contributed by atoms with Crippen molar-refractivity contribution >= 4 is 17.3 Å². The van der Waals surface area contributed by atoms with Crippen LogP contribution in [-0.4, -0.2) is 25.6 Å². The molecule has 4 rings (SSSR count). The fourth-order valence-electron chi connectivity index (χ4n) is 3.20. The molecule has 1 amide bonds. The Morgan fingerprint density at radius 2 is 2.09 bits per heavy atom. The molecule has 2 aliphatic rings. The Hall–Kier alpha value is -2.49. The summed E-state index contributed by atoms with van der Waals surface area (Å²) in [5, 5.41) is 2.98. The monoisotopic (exact) mass is 294 g/mol. The molecule has 4 nitrogen and oxygen atoms in total. The van der Waals surface area contributed by atoms with Gasteiger partial charge in [0.25, 0.3) is 5.91 Å². The van der Waals surface area contributed by atoms with Crippen LogP contribution in [-0.2, 0) is 17.6 Å². The molecular formula is C18H18N2O2. The largest absolute Gasteiger partial charge is 0.480 e.